The first kappa shape index (κ1) is 15.8. The molecule has 21 heavy (non-hydrogen) atoms. The zero-order chi connectivity index (χ0) is 15.2. The Balaban J connectivity index is 1.98. The van der Waals surface area contributed by atoms with E-state index in [0.717, 1.165) is 26.2 Å². The molecule has 0 radical (unpaired) electrons. The van der Waals surface area contributed by atoms with Crippen molar-refractivity contribution in [3.8, 4) is 0 Å². The molecule has 2 rings (SSSR count). The maximum Gasteiger partial charge on any atom is 0.231 e. The van der Waals surface area contributed by atoms with Crippen LogP contribution in [-0.4, -0.2) is 66.7 Å². The molecular weight excluding hydrogens is 266 g/mol. The molecule has 118 valence electrons. The van der Waals surface area contributed by atoms with Crippen LogP contribution in [0.3, 0.4) is 0 Å². The Morgan fingerprint density at radius 1 is 1.14 bits per heavy atom. The van der Waals surface area contributed by atoms with Crippen molar-refractivity contribution in [2.75, 3.05) is 62.4 Å². The number of likely N-dealkylation sites (tertiary alicyclic amines) is 1. The van der Waals surface area contributed by atoms with E-state index >= 15 is 0 Å². The molecule has 1 fully saturated rings. The molecule has 0 aliphatic carbocycles. The standard InChI is InChI=1S/C14H27N7/c1-5-15-12-17-13(19-14(18-12)20(3)4)16-9-11-7-8-21(6-2)10-11/h11H,5-10H2,1-4H3,(H2,15,16,17,18,19). The monoisotopic (exact) mass is 293 g/mol. The molecule has 0 amide bonds. The van der Waals surface area contributed by atoms with Crippen LogP contribution in [0.25, 0.3) is 0 Å². The zero-order valence-corrected chi connectivity index (χ0v) is 13.6. The summed E-state index contributed by atoms with van der Waals surface area (Å²) in [5.41, 5.74) is 0. The van der Waals surface area contributed by atoms with Gasteiger partial charge in [0.2, 0.25) is 17.8 Å². The smallest absolute Gasteiger partial charge is 0.231 e. The van der Waals surface area contributed by atoms with Crippen molar-refractivity contribution in [2.24, 2.45) is 5.92 Å². The highest BCUT2D eigenvalue weighted by Crippen LogP contribution is 2.17. The van der Waals surface area contributed by atoms with Gasteiger partial charge < -0.3 is 20.4 Å². The van der Waals surface area contributed by atoms with E-state index in [9.17, 15) is 0 Å². The van der Waals surface area contributed by atoms with Crippen LogP contribution in [0.1, 0.15) is 20.3 Å². The third-order valence-electron chi connectivity index (χ3n) is 3.72. The van der Waals surface area contributed by atoms with E-state index in [1.165, 1.54) is 13.0 Å². The van der Waals surface area contributed by atoms with E-state index in [4.69, 9.17) is 0 Å². The maximum atomic E-state index is 4.45. The highest BCUT2D eigenvalue weighted by atomic mass is 15.3. The predicted octanol–water partition coefficient (Wildman–Crippen LogP) is 1.12. The van der Waals surface area contributed by atoms with E-state index < -0.39 is 0 Å². The van der Waals surface area contributed by atoms with Crippen molar-refractivity contribution in [2.45, 2.75) is 20.3 Å². The first-order valence-electron chi connectivity index (χ1n) is 7.75. The fourth-order valence-electron chi connectivity index (χ4n) is 2.48. The topological polar surface area (TPSA) is 69.2 Å². The summed E-state index contributed by atoms with van der Waals surface area (Å²) in [6.45, 7) is 9.46. The minimum atomic E-state index is 0.625. The van der Waals surface area contributed by atoms with Crippen LogP contribution in [-0.2, 0) is 0 Å². The first-order valence-corrected chi connectivity index (χ1v) is 7.75. The van der Waals surface area contributed by atoms with Gasteiger partial charge in [-0.05, 0) is 32.4 Å². The zero-order valence-electron chi connectivity index (χ0n) is 13.6. The number of nitrogens with one attached hydrogen (secondary N) is 2. The fourth-order valence-corrected chi connectivity index (χ4v) is 2.48. The Labute approximate surface area is 127 Å². The van der Waals surface area contributed by atoms with Crippen LogP contribution in [0, 0.1) is 5.92 Å². The van der Waals surface area contributed by atoms with Gasteiger partial charge in [-0.1, -0.05) is 6.92 Å². The number of hydrogen-bond acceptors (Lipinski definition) is 7. The normalized spacial score (nSPS) is 18.8. The number of hydrogen-bond donors (Lipinski definition) is 2. The second-order valence-electron chi connectivity index (χ2n) is 5.64. The van der Waals surface area contributed by atoms with Crippen LogP contribution in [0.4, 0.5) is 17.8 Å². The van der Waals surface area contributed by atoms with E-state index in [1.54, 1.807) is 0 Å². The van der Waals surface area contributed by atoms with Crippen LogP contribution >= 0.6 is 0 Å². The Kier molecular flexibility index (Phi) is 5.55. The largest absolute Gasteiger partial charge is 0.354 e. The predicted molar refractivity (Wildman–Crippen MR) is 87.0 cm³/mol. The quantitative estimate of drug-likeness (QED) is 0.781. The van der Waals surface area contributed by atoms with Crippen LogP contribution in [0.15, 0.2) is 0 Å². The summed E-state index contributed by atoms with van der Waals surface area (Å²) in [6.07, 6.45) is 1.24. The molecular formula is C14H27N7. The molecule has 1 aliphatic rings. The molecule has 1 unspecified atom stereocenters. The van der Waals surface area contributed by atoms with Gasteiger partial charge in [0.25, 0.3) is 0 Å². The lowest BCUT2D eigenvalue weighted by molar-refractivity contribution is 0.345. The van der Waals surface area contributed by atoms with Gasteiger partial charge in [0, 0.05) is 33.7 Å². The molecule has 0 saturated carbocycles. The van der Waals surface area contributed by atoms with Crippen LogP contribution < -0.4 is 15.5 Å². The molecule has 0 bridgehead atoms. The highest BCUT2D eigenvalue weighted by Gasteiger charge is 2.21. The summed E-state index contributed by atoms with van der Waals surface area (Å²) < 4.78 is 0. The average Bonchev–Trinajstić information content (AvgIpc) is 2.93. The molecule has 1 aromatic heterocycles. The third kappa shape index (κ3) is 4.42. The molecule has 1 saturated heterocycles. The second-order valence-corrected chi connectivity index (χ2v) is 5.64. The highest BCUT2D eigenvalue weighted by molar-refractivity contribution is 5.42. The summed E-state index contributed by atoms with van der Waals surface area (Å²) in [5, 5.41) is 6.52. The maximum absolute atomic E-state index is 4.45. The summed E-state index contributed by atoms with van der Waals surface area (Å²) in [6, 6.07) is 0. The van der Waals surface area contributed by atoms with Crippen molar-refractivity contribution < 1.29 is 0 Å². The summed E-state index contributed by atoms with van der Waals surface area (Å²) >= 11 is 0. The minimum absolute atomic E-state index is 0.625. The lowest BCUT2D eigenvalue weighted by Crippen LogP contribution is -2.23. The molecule has 1 atom stereocenters. The Bertz CT molecular complexity index is 449. The number of rotatable bonds is 7. The summed E-state index contributed by atoms with van der Waals surface area (Å²) in [5.74, 6) is 2.62. The van der Waals surface area contributed by atoms with Gasteiger partial charge in [0.05, 0.1) is 0 Å². The first-order chi connectivity index (χ1) is 10.1. The van der Waals surface area contributed by atoms with Gasteiger partial charge in [-0.2, -0.15) is 15.0 Å². The molecule has 1 aliphatic heterocycles. The molecule has 1 aromatic rings. The lowest BCUT2D eigenvalue weighted by atomic mass is 10.1. The molecule has 0 aromatic carbocycles. The van der Waals surface area contributed by atoms with Crippen molar-refractivity contribution in [3.63, 3.8) is 0 Å². The van der Waals surface area contributed by atoms with Crippen molar-refractivity contribution in [1.82, 2.24) is 19.9 Å². The molecule has 0 spiro atoms. The van der Waals surface area contributed by atoms with E-state index in [-0.39, 0.29) is 0 Å². The molecule has 7 heteroatoms. The van der Waals surface area contributed by atoms with Gasteiger partial charge in [-0.25, -0.2) is 0 Å². The van der Waals surface area contributed by atoms with Gasteiger partial charge in [-0.3, -0.25) is 0 Å². The van der Waals surface area contributed by atoms with E-state index in [0.29, 0.717) is 23.8 Å². The van der Waals surface area contributed by atoms with Gasteiger partial charge in [0.15, 0.2) is 0 Å². The van der Waals surface area contributed by atoms with Crippen LogP contribution in [0.2, 0.25) is 0 Å². The molecule has 2 heterocycles. The number of aromatic nitrogens is 3. The van der Waals surface area contributed by atoms with Gasteiger partial charge in [0.1, 0.15) is 0 Å². The number of anilines is 3. The number of nitrogens with zero attached hydrogens (tertiary/aromatic N) is 5. The average molecular weight is 293 g/mol. The summed E-state index contributed by atoms with van der Waals surface area (Å²) in [4.78, 5) is 17.6. The van der Waals surface area contributed by atoms with Crippen molar-refractivity contribution in [3.05, 3.63) is 0 Å². The van der Waals surface area contributed by atoms with Gasteiger partial charge in [-0.15, -0.1) is 0 Å². The van der Waals surface area contributed by atoms with Crippen molar-refractivity contribution in [1.29, 1.82) is 0 Å². The molecule has 7 nitrogen and oxygen atoms in total. The third-order valence-corrected chi connectivity index (χ3v) is 3.72. The Morgan fingerprint density at radius 3 is 2.43 bits per heavy atom. The fraction of sp³-hybridized carbons (Fsp3) is 0.786. The minimum Gasteiger partial charge on any atom is -0.354 e. The second kappa shape index (κ2) is 7.40. The Hall–Kier alpha value is -1.63. The van der Waals surface area contributed by atoms with Crippen molar-refractivity contribution >= 4 is 17.8 Å². The van der Waals surface area contributed by atoms with Crippen LogP contribution in [0.5, 0.6) is 0 Å². The van der Waals surface area contributed by atoms with E-state index in [1.807, 2.05) is 25.9 Å². The van der Waals surface area contributed by atoms with E-state index in [2.05, 4.69) is 37.4 Å². The lowest BCUT2D eigenvalue weighted by Gasteiger charge is -2.16. The SMILES string of the molecule is CCNc1nc(NCC2CCN(CC)C2)nc(N(C)C)n1. The Morgan fingerprint density at radius 2 is 1.86 bits per heavy atom. The summed E-state index contributed by atoms with van der Waals surface area (Å²) in [7, 11) is 3.87. The van der Waals surface area contributed by atoms with Gasteiger partial charge >= 0.3 is 0 Å². The molecule has 2 N–H and O–H groups in total.